The number of ether oxygens (including phenoxy) is 1. The molecule has 1 unspecified atom stereocenters. The van der Waals surface area contributed by atoms with Crippen LogP contribution in [0.15, 0.2) is 4.99 Å². The summed E-state index contributed by atoms with van der Waals surface area (Å²) in [7, 11) is -3.10. The van der Waals surface area contributed by atoms with Gasteiger partial charge in [-0.05, 0) is 26.2 Å². The molecule has 1 atom stereocenters. The smallest absolute Gasteiger partial charge is 0.211 e. The maximum Gasteiger partial charge on any atom is 0.211 e. The Morgan fingerprint density at radius 1 is 1.35 bits per heavy atom. The molecule has 0 radical (unpaired) electrons. The fraction of sp³-hybridized carbons (Fsp3) is 0.929. The zero-order valence-corrected chi connectivity index (χ0v) is 17.5. The Labute approximate surface area is 157 Å². The molecule has 1 heterocycles. The summed E-state index contributed by atoms with van der Waals surface area (Å²) in [5.74, 6) is 0.764. The lowest BCUT2D eigenvalue weighted by molar-refractivity contribution is 0.117. The lowest BCUT2D eigenvalue weighted by atomic mass is 10.2. The van der Waals surface area contributed by atoms with Gasteiger partial charge < -0.3 is 15.4 Å². The van der Waals surface area contributed by atoms with Gasteiger partial charge in [-0.2, -0.15) is 0 Å². The highest BCUT2D eigenvalue weighted by Crippen LogP contribution is 2.11. The molecular formula is C14H31IN4O3S. The Hall–Kier alpha value is -0.130. The summed E-state index contributed by atoms with van der Waals surface area (Å²) in [6, 6.07) is 0. The third-order valence-electron chi connectivity index (χ3n) is 3.52. The summed E-state index contributed by atoms with van der Waals surface area (Å²) in [4.78, 5) is 4.52. The standard InChI is InChI=1S/C14H30N4O3S.HI/c1-4-15-14(17-12-13-8-6-11-21-13)16-9-7-10-18(5-2)22(3,19)20;/h13H,4-12H2,1-3H3,(H2,15,16,17);1H. The van der Waals surface area contributed by atoms with E-state index in [0.717, 1.165) is 38.4 Å². The fourth-order valence-electron chi connectivity index (χ4n) is 2.34. The second-order valence-corrected chi connectivity index (χ2v) is 7.37. The van der Waals surface area contributed by atoms with Gasteiger partial charge in [0.05, 0.1) is 18.9 Å². The first kappa shape index (κ1) is 22.9. The average molecular weight is 462 g/mol. The first-order valence-corrected chi connectivity index (χ1v) is 9.91. The van der Waals surface area contributed by atoms with Crippen LogP contribution in [0.2, 0.25) is 0 Å². The van der Waals surface area contributed by atoms with Crippen LogP contribution in [0.4, 0.5) is 0 Å². The first-order chi connectivity index (χ1) is 10.5. The van der Waals surface area contributed by atoms with Gasteiger partial charge >= 0.3 is 0 Å². The molecule has 0 aliphatic carbocycles. The number of halogens is 1. The summed E-state index contributed by atoms with van der Waals surface area (Å²) >= 11 is 0. The van der Waals surface area contributed by atoms with Crippen LogP contribution in [0.5, 0.6) is 0 Å². The number of hydrogen-bond acceptors (Lipinski definition) is 4. The normalized spacial score (nSPS) is 18.8. The van der Waals surface area contributed by atoms with Gasteiger partial charge in [0.25, 0.3) is 0 Å². The highest BCUT2D eigenvalue weighted by Gasteiger charge is 2.15. The summed E-state index contributed by atoms with van der Waals surface area (Å²) < 4.78 is 30.0. The number of aliphatic imine (C=N–C) groups is 1. The molecule has 7 nitrogen and oxygen atoms in total. The van der Waals surface area contributed by atoms with Gasteiger partial charge in [-0.1, -0.05) is 6.92 Å². The Kier molecular flexibility index (Phi) is 12.2. The van der Waals surface area contributed by atoms with Gasteiger partial charge in [-0.15, -0.1) is 24.0 Å². The van der Waals surface area contributed by atoms with Crippen LogP contribution in [0, 0.1) is 0 Å². The van der Waals surface area contributed by atoms with Crippen molar-refractivity contribution in [1.82, 2.24) is 14.9 Å². The minimum atomic E-state index is -3.10. The van der Waals surface area contributed by atoms with Gasteiger partial charge in [0.1, 0.15) is 0 Å². The molecule has 0 aromatic rings. The molecular weight excluding hydrogens is 431 g/mol. The van der Waals surface area contributed by atoms with Gasteiger partial charge in [0, 0.05) is 32.8 Å². The third-order valence-corrected chi connectivity index (χ3v) is 4.90. The topological polar surface area (TPSA) is 83.0 Å². The van der Waals surface area contributed by atoms with Crippen molar-refractivity contribution in [3.63, 3.8) is 0 Å². The van der Waals surface area contributed by atoms with E-state index in [9.17, 15) is 8.42 Å². The van der Waals surface area contributed by atoms with E-state index < -0.39 is 10.0 Å². The van der Waals surface area contributed by atoms with Crippen molar-refractivity contribution in [2.75, 3.05) is 45.6 Å². The van der Waals surface area contributed by atoms with Crippen LogP contribution in [-0.4, -0.2) is 70.4 Å². The number of sulfonamides is 1. The molecule has 1 fully saturated rings. The van der Waals surface area contributed by atoms with Crippen LogP contribution in [0.25, 0.3) is 0 Å². The van der Waals surface area contributed by atoms with E-state index in [1.807, 2.05) is 13.8 Å². The van der Waals surface area contributed by atoms with Gasteiger partial charge in [-0.3, -0.25) is 4.99 Å². The fourth-order valence-corrected chi connectivity index (χ4v) is 3.27. The minimum absolute atomic E-state index is 0. The Morgan fingerprint density at radius 2 is 2.09 bits per heavy atom. The molecule has 1 aliphatic heterocycles. The van der Waals surface area contributed by atoms with Crippen molar-refractivity contribution in [3.8, 4) is 0 Å². The molecule has 0 amide bonds. The van der Waals surface area contributed by atoms with Crippen molar-refractivity contribution in [1.29, 1.82) is 0 Å². The van der Waals surface area contributed by atoms with E-state index in [0.29, 0.717) is 26.2 Å². The van der Waals surface area contributed by atoms with Crippen LogP contribution in [0.1, 0.15) is 33.1 Å². The Balaban J connectivity index is 0.00000484. The zero-order chi connectivity index (χ0) is 16.4. The number of nitrogens with zero attached hydrogens (tertiary/aromatic N) is 2. The predicted octanol–water partition coefficient (Wildman–Crippen LogP) is 1.01. The van der Waals surface area contributed by atoms with Crippen molar-refractivity contribution in [2.24, 2.45) is 4.99 Å². The molecule has 0 aromatic heterocycles. The van der Waals surface area contributed by atoms with Crippen molar-refractivity contribution in [2.45, 2.75) is 39.2 Å². The Bertz CT molecular complexity index is 439. The van der Waals surface area contributed by atoms with E-state index in [1.165, 1.54) is 10.6 Å². The monoisotopic (exact) mass is 462 g/mol. The third kappa shape index (κ3) is 9.68. The van der Waals surface area contributed by atoms with Crippen LogP contribution in [-0.2, 0) is 14.8 Å². The van der Waals surface area contributed by atoms with Crippen LogP contribution >= 0.6 is 24.0 Å². The van der Waals surface area contributed by atoms with E-state index in [1.54, 1.807) is 0 Å². The van der Waals surface area contributed by atoms with Crippen LogP contribution < -0.4 is 10.6 Å². The van der Waals surface area contributed by atoms with Crippen molar-refractivity contribution in [3.05, 3.63) is 0 Å². The first-order valence-electron chi connectivity index (χ1n) is 8.06. The molecule has 0 saturated carbocycles. The molecule has 1 rings (SSSR count). The molecule has 9 heteroatoms. The molecule has 23 heavy (non-hydrogen) atoms. The van der Waals surface area contributed by atoms with Crippen molar-refractivity contribution < 1.29 is 13.2 Å². The maximum absolute atomic E-state index is 11.5. The summed E-state index contributed by atoms with van der Waals surface area (Å²) in [6.07, 6.45) is 4.41. The van der Waals surface area contributed by atoms with E-state index >= 15 is 0 Å². The molecule has 138 valence electrons. The summed E-state index contributed by atoms with van der Waals surface area (Å²) in [6.45, 7) is 7.88. The molecule has 2 N–H and O–H groups in total. The molecule has 0 bridgehead atoms. The van der Waals surface area contributed by atoms with Gasteiger partial charge in [0.2, 0.25) is 10.0 Å². The maximum atomic E-state index is 11.5. The summed E-state index contributed by atoms with van der Waals surface area (Å²) in [5.41, 5.74) is 0. The van der Waals surface area contributed by atoms with Crippen molar-refractivity contribution >= 4 is 40.0 Å². The summed E-state index contributed by atoms with van der Waals surface area (Å²) in [5, 5.41) is 6.43. The molecule has 0 aromatic carbocycles. The quantitative estimate of drug-likeness (QED) is 0.231. The molecule has 1 aliphatic rings. The second kappa shape index (κ2) is 12.3. The highest BCUT2D eigenvalue weighted by atomic mass is 127. The number of nitrogens with one attached hydrogen (secondary N) is 2. The largest absolute Gasteiger partial charge is 0.376 e. The second-order valence-electron chi connectivity index (χ2n) is 5.39. The molecule has 0 spiro atoms. The molecule has 1 saturated heterocycles. The average Bonchev–Trinajstić information content (AvgIpc) is 2.96. The van der Waals surface area contributed by atoms with E-state index in [-0.39, 0.29) is 30.1 Å². The number of hydrogen-bond donors (Lipinski definition) is 2. The predicted molar refractivity (Wildman–Crippen MR) is 105 cm³/mol. The zero-order valence-electron chi connectivity index (χ0n) is 14.4. The minimum Gasteiger partial charge on any atom is -0.376 e. The van der Waals surface area contributed by atoms with Gasteiger partial charge in [-0.25, -0.2) is 12.7 Å². The van der Waals surface area contributed by atoms with Gasteiger partial charge in [0.15, 0.2) is 5.96 Å². The lowest BCUT2D eigenvalue weighted by Crippen LogP contribution is -2.39. The SMILES string of the molecule is CCNC(=NCC1CCCO1)NCCCN(CC)S(C)(=O)=O.I. The lowest BCUT2D eigenvalue weighted by Gasteiger charge is -2.18. The van der Waals surface area contributed by atoms with E-state index in [2.05, 4.69) is 15.6 Å². The Morgan fingerprint density at radius 3 is 2.61 bits per heavy atom. The van der Waals surface area contributed by atoms with Crippen LogP contribution in [0.3, 0.4) is 0 Å². The number of guanidine groups is 1. The van der Waals surface area contributed by atoms with E-state index in [4.69, 9.17) is 4.74 Å². The number of rotatable bonds is 9. The highest BCUT2D eigenvalue weighted by molar-refractivity contribution is 14.0.